The van der Waals surface area contributed by atoms with E-state index in [2.05, 4.69) is 45.5 Å². The molecule has 0 heterocycles. The summed E-state index contributed by atoms with van der Waals surface area (Å²) in [7, 11) is 0. The third-order valence-electron chi connectivity index (χ3n) is 3.05. The molecule has 0 radical (unpaired) electrons. The van der Waals surface area contributed by atoms with E-state index in [4.69, 9.17) is 4.74 Å². The van der Waals surface area contributed by atoms with Crippen LogP contribution in [0.15, 0.2) is 18.2 Å². The summed E-state index contributed by atoms with van der Waals surface area (Å²) in [6.07, 6.45) is 2.27. The first-order chi connectivity index (χ1) is 7.65. The first-order valence-electron chi connectivity index (χ1n) is 5.95. The molecule has 0 spiro atoms. The highest BCUT2D eigenvalue weighted by molar-refractivity contribution is 7.80. The molecule has 0 saturated carbocycles. The number of aryl methyl sites for hydroxylation is 1. The summed E-state index contributed by atoms with van der Waals surface area (Å²) in [5.41, 5.74) is 2.55. The van der Waals surface area contributed by atoms with Crippen molar-refractivity contribution in [3.05, 3.63) is 29.3 Å². The Morgan fingerprint density at radius 1 is 1.25 bits per heavy atom. The molecule has 0 fully saturated rings. The summed E-state index contributed by atoms with van der Waals surface area (Å²) < 4.78 is 5.81. The van der Waals surface area contributed by atoms with Gasteiger partial charge in [0.25, 0.3) is 0 Å². The predicted molar refractivity (Wildman–Crippen MR) is 73.7 cm³/mol. The largest absolute Gasteiger partial charge is 0.493 e. The van der Waals surface area contributed by atoms with Gasteiger partial charge in [0.05, 0.1) is 6.61 Å². The van der Waals surface area contributed by atoms with Crippen LogP contribution in [0.3, 0.4) is 0 Å². The van der Waals surface area contributed by atoms with Gasteiger partial charge in [-0.3, -0.25) is 0 Å². The maximum absolute atomic E-state index is 5.81. The normalized spacial score (nSPS) is 12.5. The highest BCUT2D eigenvalue weighted by atomic mass is 32.1. The minimum atomic E-state index is 0.697. The lowest BCUT2D eigenvalue weighted by Crippen LogP contribution is -2.05. The molecule has 1 aromatic carbocycles. The van der Waals surface area contributed by atoms with Gasteiger partial charge in [0.1, 0.15) is 5.75 Å². The lowest BCUT2D eigenvalue weighted by Gasteiger charge is -2.13. The lowest BCUT2D eigenvalue weighted by molar-refractivity contribution is 0.280. The van der Waals surface area contributed by atoms with Crippen molar-refractivity contribution in [3.8, 4) is 5.75 Å². The van der Waals surface area contributed by atoms with Crippen LogP contribution in [0.1, 0.15) is 30.9 Å². The zero-order valence-electron chi connectivity index (χ0n) is 10.5. The number of hydrogen-bond donors (Lipinski definition) is 1. The molecule has 0 N–H and O–H groups in total. The Bertz CT molecular complexity index is 323. The van der Waals surface area contributed by atoms with Crippen molar-refractivity contribution in [3.63, 3.8) is 0 Å². The van der Waals surface area contributed by atoms with E-state index in [9.17, 15) is 0 Å². The maximum atomic E-state index is 5.81. The van der Waals surface area contributed by atoms with E-state index in [0.29, 0.717) is 5.92 Å². The highest BCUT2D eigenvalue weighted by Crippen LogP contribution is 2.21. The molecule has 0 aliphatic heterocycles. The van der Waals surface area contributed by atoms with E-state index in [0.717, 1.165) is 24.5 Å². The fraction of sp³-hybridized carbons (Fsp3) is 0.571. The van der Waals surface area contributed by atoms with E-state index in [-0.39, 0.29) is 0 Å². The highest BCUT2D eigenvalue weighted by Gasteiger charge is 2.04. The smallest absolute Gasteiger partial charge is 0.122 e. The van der Waals surface area contributed by atoms with Crippen molar-refractivity contribution in [2.45, 2.75) is 33.6 Å². The number of rotatable bonds is 6. The Labute approximate surface area is 105 Å². The van der Waals surface area contributed by atoms with E-state index in [1.807, 2.05) is 6.07 Å². The monoisotopic (exact) mass is 238 g/mol. The van der Waals surface area contributed by atoms with Gasteiger partial charge in [0.15, 0.2) is 0 Å². The van der Waals surface area contributed by atoms with Crippen molar-refractivity contribution in [2.24, 2.45) is 5.92 Å². The van der Waals surface area contributed by atoms with Crippen molar-refractivity contribution in [1.82, 2.24) is 0 Å². The summed E-state index contributed by atoms with van der Waals surface area (Å²) >= 11 is 4.24. The number of benzene rings is 1. The molecule has 1 rings (SSSR count). The summed E-state index contributed by atoms with van der Waals surface area (Å²) in [4.78, 5) is 0. The molecule has 16 heavy (non-hydrogen) atoms. The zero-order valence-corrected chi connectivity index (χ0v) is 11.4. The molecule has 0 aliphatic carbocycles. The molecular formula is C14H22OS. The molecule has 90 valence electrons. The average Bonchev–Trinajstić information content (AvgIpc) is 2.25. The van der Waals surface area contributed by atoms with Crippen molar-refractivity contribution in [2.75, 3.05) is 12.4 Å². The summed E-state index contributed by atoms with van der Waals surface area (Å²) in [5.74, 6) is 2.69. The molecule has 0 amide bonds. The van der Waals surface area contributed by atoms with Gasteiger partial charge in [-0.05, 0) is 55.6 Å². The van der Waals surface area contributed by atoms with Crippen LogP contribution in [0.4, 0.5) is 0 Å². The van der Waals surface area contributed by atoms with Crippen molar-refractivity contribution >= 4 is 12.6 Å². The third kappa shape index (κ3) is 4.09. The van der Waals surface area contributed by atoms with Crippen LogP contribution in [-0.4, -0.2) is 12.4 Å². The van der Waals surface area contributed by atoms with Crippen molar-refractivity contribution < 1.29 is 4.74 Å². The third-order valence-corrected chi connectivity index (χ3v) is 3.30. The molecule has 1 atom stereocenters. The molecule has 1 nitrogen and oxygen atoms in total. The van der Waals surface area contributed by atoms with Crippen LogP contribution in [0, 0.1) is 19.8 Å². The van der Waals surface area contributed by atoms with E-state index < -0.39 is 0 Å². The Hall–Kier alpha value is -0.630. The van der Waals surface area contributed by atoms with Gasteiger partial charge in [-0.25, -0.2) is 0 Å². The zero-order chi connectivity index (χ0) is 12.0. The predicted octanol–water partition coefficient (Wildman–Crippen LogP) is 4.03. The molecule has 0 aliphatic rings. The quantitative estimate of drug-likeness (QED) is 0.736. The van der Waals surface area contributed by atoms with Gasteiger partial charge >= 0.3 is 0 Å². The van der Waals surface area contributed by atoms with Crippen LogP contribution >= 0.6 is 12.6 Å². The molecule has 1 aromatic rings. The van der Waals surface area contributed by atoms with Gasteiger partial charge in [0.2, 0.25) is 0 Å². The minimum Gasteiger partial charge on any atom is -0.493 e. The molecule has 0 saturated heterocycles. The van der Waals surface area contributed by atoms with Crippen molar-refractivity contribution in [1.29, 1.82) is 0 Å². The average molecular weight is 238 g/mol. The van der Waals surface area contributed by atoms with Crippen LogP contribution in [0.2, 0.25) is 0 Å². The molecule has 0 aromatic heterocycles. The van der Waals surface area contributed by atoms with E-state index in [1.54, 1.807) is 0 Å². The van der Waals surface area contributed by atoms with Gasteiger partial charge < -0.3 is 4.74 Å². The van der Waals surface area contributed by atoms with E-state index in [1.165, 1.54) is 17.5 Å². The first kappa shape index (κ1) is 13.4. The topological polar surface area (TPSA) is 9.23 Å². The second kappa shape index (κ2) is 6.85. The molecular weight excluding hydrogens is 216 g/mol. The first-order valence-corrected chi connectivity index (χ1v) is 6.58. The Balaban J connectivity index is 2.40. The fourth-order valence-corrected chi connectivity index (χ4v) is 2.06. The summed E-state index contributed by atoms with van der Waals surface area (Å²) in [6.45, 7) is 7.29. The Morgan fingerprint density at radius 2 is 2.00 bits per heavy atom. The number of hydrogen-bond acceptors (Lipinski definition) is 2. The van der Waals surface area contributed by atoms with Gasteiger partial charge in [-0.15, -0.1) is 0 Å². The van der Waals surface area contributed by atoms with Crippen LogP contribution in [0.5, 0.6) is 5.75 Å². The fourth-order valence-electron chi connectivity index (χ4n) is 1.62. The molecule has 1 unspecified atom stereocenters. The number of ether oxygens (including phenoxy) is 1. The standard InChI is InChI=1S/C14H22OS/c1-11(8-10-16)7-9-15-14-6-4-5-12(2)13(14)3/h4-6,11,16H,7-10H2,1-3H3. The summed E-state index contributed by atoms with van der Waals surface area (Å²) in [6, 6.07) is 6.21. The van der Waals surface area contributed by atoms with Crippen LogP contribution < -0.4 is 4.74 Å². The summed E-state index contributed by atoms with van der Waals surface area (Å²) in [5, 5.41) is 0. The van der Waals surface area contributed by atoms with Gasteiger partial charge in [-0.1, -0.05) is 19.1 Å². The van der Waals surface area contributed by atoms with Crippen LogP contribution in [0.25, 0.3) is 0 Å². The van der Waals surface area contributed by atoms with Crippen LogP contribution in [-0.2, 0) is 0 Å². The lowest BCUT2D eigenvalue weighted by atomic mass is 10.1. The van der Waals surface area contributed by atoms with Gasteiger partial charge in [0, 0.05) is 0 Å². The van der Waals surface area contributed by atoms with E-state index >= 15 is 0 Å². The SMILES string of the molecule is Cc1cccc(OCCC(C)CCS)c1C. The minimum absolute atomic E-state index is 0.697. The maximum Gasteiger partial charge on any atom is 0.122 e. The molecule has 0 bridgehead atoms. The second-order valence-corrected chi connectivity index (χ2v) is 4.90. The second-order valence-electron chi connectivity index (χ2n) is 4.45. The molecule has 2 heteroatoms. The number of thiol groups is 1. The van der Waals surface area contributed by atoms with Gasteiger partial charge in [-0.2, -0.15) is 12.6 Å². The Kier molecular flexibility index (Phi) is 5.75. The Morgan fingerprint density at radius 3 is 2.69 bits per heavy atom.